The van der Waals surface area contributed by atoms with Crippen molar-refractivity contribution in [2.75, 3.05) is 29.5 Å². The minimum absolute atomic E-state index is 0.197. The molecule has 2 aliphatic heterocycles. The molecule has 0 saturated carbocycles. The zero-order chi connectivity index (χ0) is 36.4. The minimum Gasteiger partial charge on any atom is -0.748 e. The van der Waals surface area contributed by atoms with Crippen molar-refractivity contribution in [2.45, 2.75) is 98.3 Å². The number of aryl methyl sites for hydroxylation is 2. The molecule has 0 bridgehead atoms. The fourth-order valence-corrected chi connectivity index (χ4v) is 8.29. The molecular weight excluding hydrogens is 657 g/mol. The van der Waals surface area contributed by atoms with Crippen LogP contribution in [-0.4, -0.2) is 60.8 Å². The molecule has 2 heterocycles. The summed E-state index contributed by atoms with van der Waals surface area (Å²) in [5.74, 6) is -0.825. The van der Waals surface area contributed by atoms with Crippen LogP contribution in [0.5, 0.6) is 0 Å². The lowest BCUT2D eigenvalue weighted by Crippen LogP contribution is -2.30. The van der Waals surface area contributed by atoms with Crippen LogP contribution in [0.2, 0.25) is 0 Å². The molecule has 0 amide bonds. The van der Waals surface area contributed by atoms with E-state index in [1.54, 1.807) is 0 Å². The topological polar surface area (TPSA) is 121 Å². The lowest BCUT2D eigenvalue weighted by molar-refractivity contribution is -0.437. The van der Waals surface area contributed by atoms with Crippen LogP contribution in [-0.2, 0) is 31.1 Å². The van der Waals surface area contributed by atoms with Crippen LogP contribution in [0.25, 0.3) is 0 Å². The van der Waals surface area contributed by atoms with Crippen molar-refractivity contribution in [3.05, 3.63) is 94.7 Å². The summed E-state index contributed by atoms with van der Waals surface area (Å²) in [5, 5.41) is 0. The van der Waals surface area contributed by atoms with Crippen LogP contribution in [0.1, 0.15) is 95.9 Å². The van der Waals surface area contributed by atoms with Gasteiger partial charge in [-0.15, -0.1) is 0 Å². The lowest BCUT2D eigenvalue weighted by atomic mass is 9.75. The van der Waals surface area contributed by atoms with E-state index in [0.717, 1.165) is 58.7 Å². The number of fused-ring (bicyclic) bond motifs is 2. The van der Waals surface area contributed by atoms with Crippen LogP contribution < -0.4 is 4.90 Å². The van der Waals surface area contributed by atoms with Crippen LogP contribution in [0, 0.1) is 19.3 Å². The third-order valence-electron chi connectivity index (χ3n) is 9.83. The highest BCUT2D eigenvalue weighted by Gasteiger charge is 2.45. The van der Waals surface area contributed by atoms with Gasteiger partial charge in [-0.3, -0.25) is 0 Å². The zero-order valence-corrected chi connectivity index (χ0v) is 32.0. The molecule has 8 nitrogen and oxygen atoms in total. The van der Waals surface area contributed by atoms with Gasteiger partial charge < -0.3 is 14.0 Å². The van der Waals surface area contributed by atoms with Crippen LogP contribution in [0.3, 0.4) is 0 Å². The number of allylic oxidation sites excluding steroid dienone is 6. The maximum atomic E-state index is 11.5. The summed E-state index contributed by atoms with van der Waals surface area (Å²) in [6.07, 6.45) is 13.6. The fraction of sp³-hybridized carbons (Fsp3) is 0.513. The highest BCUT2D eigenvalue weighted by atomic mass is 32.2. The van der Waals surface area contributed by atoms with E-state index in [-0.39, 0.29) is 29.1 Å². The average molecular weight is 710 g/mol. The Labute approximate surface area is 294 Å². The summed E-state index contributed by atoms with van der Waals surface area (Å²) >= 11 is 0. The fourth-order valence-electron chi connectivity index (χ4n) is 7.33. The van der Waals surface area contributed by atoms with Crippen molar-refractivity contribution in [2.24, 2.45) is 5.41 Å². The molecule has 1 atom stereocenters. The van der Waals surface area contributed by atoms with E-state index in [1.807, 2.05) is 24.3 Å². The predicted molar refractivity (Wildman–Crippen MR) is 198 cm³/mol. The van der Waals surface area contributed by atoms with Gasteiger partial charge in [-0.25, -0.2) is 16.8 Å². The molecular formula is C39H53N2O6S2-. The Bertz CT molecular complexity index is 1900. The van der Waals surface area contributed by atoms with Gasteiger partial charge in [0.1, 0.15) is 6.54 Å². The summed E-state index contributed by atoms with van der Waals surface area (Å²) in [6.45, 7) is 18.3. The number of nitrogens with zero attached hydrogens (tertiary/aromatic N) is 2. The van der Waals surface area contributed by atoms with Crippen LogP contribution >= 0.6 is 0 Å². The minimum atomic E-state index is -4.33. The second-order valence-electron chi connectivity index (χ2n) is 15.6. The Morgan fingerprint density at radius 2 is 1.43 bits per heavy atom. The summed E-state index contributed by atoms with van der Waals surface area (Å²) in [4.78, 5) is 2.19. The monoisotopic (exact) mass is 709 g/mol. The highest BCUT2D eigenvalue weighted by Crippen LogP contribution is 2.51. The molecule has 2 aromatic rings. The summed E-state index contributed by atoms with van der Waals surface area (Å²) < 4.78 is 70.7. The van der Waals surface area contributed by atoms with Gasteiger partial charge in [0.15, 0.2) is 5.71 Å². The summed E-state index contributed by atoms with van der Waals surface area (Å²) in [6, 6.07) is 12.7. The van der Waals surface area contributed by atoms with Crippen LogP contribution in [0.4, 0.5) is 11.4 Å². The number of hydrogen-bond donors (Lipinski definition) is 0. The average Bonchev–Trinajstić information content (AvgIpc) is 3.30. The van der Waals surface area contributed by atoms with Crippen molar-refractivity contribution in [1.82, 2.24) is 0 Å². The highest BCUT2D eigenvalue weighted by molar-refractivity contribution is 7.85. The van der Waals surface area contributed by atoms with E-state index in [2.05, 4.69) is 107 Å². The maximum Gasteiger partial charge on any atom is 0.209 e. The SMILES string of the molecule is Cc1ccc2c(c1)C(C)(C)C(/C=C/C=C/C=C1\N(CCCS(=O)(=O)[O-])c3ccc(C)cc3C1(C)CCCC(C)(C)C)=[N+]2CCCS(=O)(=O)[O-]. The van der Waals surface area contributed by atoms with Gasteiger partial charge in [0, 0.05) is 59.0 Å². The van der Waals surface area contributed by atoms with Gasteiger partial charge in [0.25, 0.3) is 0 Å². The van der Waals surface area contributed by atoms with Crippen molar-refractivity contribution < 1.29 is 30.5 Å². The Kier molecular flexibility index (Phi) is 11.6. The van der Waals surface area contributed by atoms with E-state index < -0.39 is 31.7 Å². The molecule has 2 aliphatic rings. The molecule has 0 fully saturated rings. The third kappa shape index (κ3) is 9.60. The number of benzene rings is 2. The molecule has 4 rings (SSSR count). The van der Waals surface area contributed by atoms with E-state index in [0.29, 0.717) is 13.1 Å². The first-order valence-electron chi connectivity index (χ1n) is 17.2. The molecule has 268 valence electrons. The summed E-state index contributed by atoms with van der Waals surface area (Å²) in [5.41, 5.74) is 8.39. The van der Waals surface area contributed by atoms with E-state index in [9.17, 15) is 25.9 Å². The van der Waals surface area contributed by atoms with Crippen molar-refractivity contribution in [3.8, 4) is 0 Å². The summed E-state index contributed by atoms with van der Waals surface area (Å²) in [7, 11) is -8.64. The molecule has 0 radical (unpaired) electrons. The van der Waals surface area contributed by atoms with Gasteiger partial charge >= 0.3 is 0 Å². The van der Waals surface area contributed by atoms with Crippen molar-refractivity contribution in [1.29, 1.82) is 0 Å². The second-order valence-corrected chi connectivity index (χ2v) is 18.7. The van der Waals surface area contributed by atoms with Crippen LogP contribution in [0.15, 0.2) is 72.5 Å². The molecule has 2 aromatic carbocycles. The Morgan fingerprint density at radius 3 is 2.06 bits per heavy atom. The smallest absolute Gasteiger partial charge is 0.209 e. The van der Waals surface area contributed by atoms with Gasteiger partial charge in [-0.1, -0.05) is 74.7 Å². The standard InChI is InChI=1S/C39H54N2O6S2/c1-29-17-19-33-31(27-29)38(6,7)35(40(33)23-13-25-48(42,43)44)15-10-9-11-16-36-39(8,22-12-21-37(3,4)5)32-28-30(2)18-20-34(32)41(36)24-14-26-49(45,46)47/h9-11,15-20,27-28H,12-14,21-26H2,1-8H3,(H-,42,43,44,45,46,47)/p-1. The molecule has 0 aromatic heterocycles. The van der Waals surface area contributed by atoms with E-state index in [1.165, 1.54) is 5.56 Å². The quantitative estimate of drug-likeness (QED) is 0.113. The van der Waals surface area contributed by atoms with E-state index in [4.69, 9.17) is 0 Å². The number of hydrogen-bond acceptors (Lipinski definition) is 7. The number of anilines is 1. The molecule has 10 heteroatoms. The molecule has 0 N–H and O–H groups in total. The first-order chi connectivity index (χ1) is 22.6. The van der Waals surface area contributed by atoms with Crippen molar-refractivity contribution >= 4 is 37.3 Å². The first kappa shape index (κ1) is 38.7. The normalized spacial score (nSPS) is 20.3. The molecule has 49 heavy (non-hydrogen) atoms. The Balaban J connectivity index is 1.71. The second kappa shape index (κ2) is 14.7. The molecule has 0 spiro atoms. The first-order valence-corrected chi connectivity index (χ1v) is 20.4. The van der Waals surface area contributed by atoms with Gasteiger partial charge in [0.2, 0.25) is 5.69 Å². The predicted octanol–water partition coefficient (Wildman–Crippen LogP) is 7.54. The molecule has 1 unspecified atom stereocenters. The molecule has 0 saturated heterocycles. The Morgan fingerprint density at radius 1 is 0.816 bits per heavy atom. The maximum absolute atomic E-state index is 11.5. The molecule has 0 aliphatic carbocycles. The number of rotatable bonds is 14. The van der Waals surface area contributed by atoms with Gasteiger partial charge in [0.05, 0.1) is 25.7 Å². The Hall–Kier alpha value is -3.05. The lowest BCUT2D eigenvalue weighted by Gasteiger charge is -2.31. The van der Waals surface area contributed by atoms with Gasteiger partial charge in [-0.2, -0.15) is 4.58 Å². The third-order valence-corrected chi connectivity index (χ3v) is 11.4. The van der Waals surface area contributed by atoms with E-state index >= 15 is 0 Å². The largest absolute Gasteiger partial charge is 0.748 e. The van der Waals surface area contributed by atoms with Gasteiger partial charge in [-0.05, 0) is 83.1 Å². The van der Waals surface area contributed by atoms with Crippen molar-refractivity contribution in [3.63, 3.8) is 0 Å². The zero-order valence-electron chi connectivity index (χ0n) is 30.4.